The molecule has 0 bridgehead atoms. The van der Waals surface area contributed by atoms with E-state index in [2.05, 4.69) is 18.8 Å². The number of rotatable bonds is 3. The molecule has 3 nitrogen and oxygen atoms in total. The van der Waals surface area contributed by atoms with Crippen LogP contribution in [0.5, 0.6) is 0 Å². The van der Waals surface area contributed by atoms with Crippen LogP contribution in [-0.4, -0.2) is 30.4 Å². The lowest BCUT2D eigenvalue weighted by Gasteiger charge is -2.16. The summed E-state index contributed by atoms with van der Waals surface area (Å²) < 4.78 is 0. The molecule has 1 aromatic carbocycles. The highest BCUT2D eigenvalue weighted by Crippen LogP contribution is 2.22. The molecule has 1 saturated heterocycles. The smallest absolute Gasteiger partial charge is 0.253 e. The Bertz CT molecular complexity index is 527. The molecule has 0 spiro atoms. The Labute approximate surface area is 121 Å². The van der Waals surface area contributed by atoms with E-state index in [1.54, 1.807) is 0 Å². The largest absolute Gasteiger partial charge is 0.338 e. The van der Waals surface area contributed by atoms with Gasteiger partial charge in [-0.2, -0.15) is 0 Å². The molecule has 1 amide bonds. The van der Waals surface area contributed by atoms with E-state index in [0.29, 0.717) is 12.5 Å². The molecule has 20 heavy (non-hydrogen) atoms. The highest BCUT2D eigenvalue weighted by atomic mass is 16.2. The lowest BCUT2D eigenvalue weighted by molar-refractivity contribution is 0.0786. The maximum Gasteiger partial charge on any atom is 0.253 e. The number of carbonyl (C=O) groups is 1. The first-order valence-electron chi connectivity index (χ1n) is 7.33. The van der Waals surface area contributed by atoms with Crippen LogP contribution in [0.25, 0.3) is 0 Å². The molecule has 1 unspecified atom stereocenters. The van der Waals surface area contributed by atoms with Crippen molar-refractivity contribution >= 4 is 5.91 Å². The molecular weight excluding hydrogens is 248 g/mol. The summed E-state index contributed by atoms with van der Waals surface area (Å²) in [6.07, 6.45) is 3.54. The fourth-order valence-corrected chi connectivity index (χ4v) is 2.73. The summed E-state index contributed by atoms with van der Waals surface area (Å²) in [5.41, 5.74) is 6.95. The summed E-state index contributed by atoms with van der Waals surface area (Å²) in [5, 5.41) is 0. The Morgan fingerprint density at radius 2 is 2.35 bits per heavy atom. The Morgan fingerprint density at radius 3 is 3.10 bits per heavy atom. The molecule has 2 N–H and O–H groups in total. The Kier molecular flexibility index (Phi) is 5.20. The van der Waals surface area contributed by atoms with Crippen molar-refractivity contribution in [2.75, 3.05) is 19.6 Å². The first kappa shape index (κ1) is 14.6. The van der Waals surface area contributed by atoms with Crippen LogP contribution in [0.4, 0.5) is 0 Å². The number of likely N-dealkylation sites (tertiary alicyclic amines) is 1. The van der Waals surface area contributed by atoms with E-state index < -0.39 is 0 Å². The minimum atomic E-state index is 0.125. The van der Waals surface area contributed by atoms with Gasteiger partial charge in [0, 0.05) is 24.2 Å². The third-order valence-electron chi connectivity index (χ3n) is 3.71. The third-order valence-corrected chi connectivity index (χ3v) is 3.71. The summed E-state index contributed by atoms with van der Waals surface area (Å²) in [7, 11) is 0. The van der Waals surface area contributed by atoms with Gasteiger partial charge in [-0.1, -0.05) is 31.3 Å². The number of nitrogens with zero attached hydrogens (tertiary/aromatic N) is 1. The monoisotopic (exact) mass is 270 g/mol. The molecule has 1 aromatic rings. The molecular formula is C17H22N2O. The average Bonchev–Trinajstić information content (AvgIpc) is 2.93. The number of nitrogens with two attached hydrogens (primary N) is 1. The minimum Gasteiger partial charge on any atom is -0.338 e. The van der Waals surface area contributed by atoms with Gasteiger partial charge in [-0.25, -0.2) is 0 Å². The van der Waals surface area contributed by atoms with Gasteiger partial charge >= 0.3 is 0 Å². The molecule has 3 heteroatoms. The van der Waals surface area contributed by atoms with Crippen LogP contribution < -0.4 is 5.73 Å². The van der Waals surface area contributed by atoms with Gasteiger partial charge in [-0.05, 0) is 37.0 Å². The molecule has 0 radical (unpaired) electrons. The lowest BCUT2D eigenvalue weighted by Crippen LogP contribution is -2.28. The van der Waals surface area contributed by atoms with E-state index >= 15 is 0 Å². The molecule has 0 saturated carbocycles. The minimum absolute atomic E-state index is 0.125. The topological polar surface area (TPSA) is 46.3 Å². The first-order chi connectivity index (χ1) is 9.74. The third kappa shape index (κ3) is 3.61. The van der Waals surface area contributed by atoms with Gasteiger partial charge in [0.1, 0.15) is 0 Å². The van der Waals surface area contributed by atoms with E-state index in [4.69, 9.17) is 5.73 Å². The predicted molar refractivity (Wildman–Crippen MR) is 81.3 cm³/mol. The van der Waals surface area contributed by atoms with E-state index in [0.717, 1.165) is 30.6 Å². The van der Waals surface area contributed by atoms with Crippen molar-refractivity contribution in [3.8, 4) is 11.8 Å². The zero-order valence-corrected chi connectivity index (χ0v) is 12.1. The van der Waals surface area contributed by atoms with Crippen LogP contribution in [0.1, 0.15) is 42.1 Å². The van der Waals surface area contributed by atoms with Crippen LogP contribution >= 0.6 is 0 Å². The summed E-state index contributed by atoms with van der Waals surface area (Å²) in [6.45, 7) is 4.31. The molecule has 0 aromatic heterocycles. The lowest BCUT2D eigenvalue weighted by atomic mass is 10.0. The standard InChI is InChI=1S/C17H22N2O/c1-2-5-15-9-11-19(13-15)17(20)16-8-3-6-14(12-16)7-4-10-18/h3,6,8,12,15H,2,5,9-11,13,18H2,1H3. The van der Waals surface area contributed by atoms with E-state index in [1.807, 2.05) is 29.2 Å². The Morgan fingerprint density at radius 1 is 1.50 bits per heavy atom. The highest BCUT2D eigenvalue weighted by molar-refractivity contribution is 5.94. The van der Waals surface area contributed by atoms with Gasteiger partial charge in [-0.15, -0.1) is 0 Å². The maximum atomic E-state index is 12.5. The normalized spacial score (nSPS) is 17.7. The molecule has 1 atom stereocenters. The fraction of sp³-hybridized carbons (Fsp3) is 0.471. The molecule has 0 aliphatic carbocycles. The maximum absolute atomic E-state index is 12.5. The van der Waals surface area contributed by atoms with Crippen LogP contribution in [0, 0.1) is 17.8 Å². The Balaban J connectivity index is 2.06. The predicted octanol–water partition coefficient (Wildman–Crippen LogP) is 2.26. The second-order valence-corrected chi connectivity index (χ2v) is 5.28. The number of hydrogen-bond donors (Lipinski definition) is 1. The van der Waals surface area contributed by atoms with Crippen molar-refractivity contribution in [3.05, 3.63) is 35.4 Å². The van der Waals surface area contributed by atoms with Gasteiger partial charge in [0.05, 0.1) is 6.54 Å². The summed E-state index contributed by atoms with van der Waals surface area (Å²) in [6, 6.07) is 7.51. The zero-order valence-electron chi connectivity index (χ0n) is 12.1. The Hall–Kier alpha value is -1.79. The van der Waals surface area contributed by atoms with Crippen LogP contribution in [0.3, 0.4) is 0 Å². The average molecular weight is 270 g/mol. The van der Waals surface area contributed by atoms with Crippen LogP contribution in [0.2, 0.25) is 0 Å². The van der Waals surface area contributed by atoms with Gasteiger partial charge in [-0.3, -0.25) is 4.79 Å². The summed E-state index contributed by atoms with van der Waals surface area (Å²) >= 11 is 0. The van der Waals surface area contributed by atoms with Crippen molar-refractivity contribution in [1.29, 1.82) is 0 Å². The molecule has 1 fully saturated rings. The number of benzene rings is 1. The highest BCUT2D eigenvalue weighted by Gasteiger charge is 2.26. The van der Waals surface area contributed by atoms with Crippen molar-refractivity contribution in [3.63, 3.8) is 0 Å². The van der Waals surface area contributed by atoms with Crippen molar-refractivity contribution in [2.24, 2.45) is 11.7 Å². The van der Waals surface area contributed by atoms with E-state index in [-0.39, 0.29) is 5.91 Å². The van der Waals surface area contributed by atoms with Crippen molar-refractivity contribution in [2.45, 2.75) is 26.2 Å². The second-order valence-electron chi connectivity index (χ2n) is 5.28. The second kappa shape index (κ2) is 7.12. The zero-order chi connectivity index (χ0) is 14.4. The SMILES string of the molecule is CCCC1CCN(C(=O)c2cccc(C#CCN)c2)C1. The molecule has 1 heterocycles. The molecule has 1 aliphatic heterocycles. The molecule has 2 rings (SSSR count). The molecule has 106 valence electrons. The van der Waals surface area contributed by atoms with E-state index in [1.165, 1.54) is 12.8 Å². The fourth-order valence-electron chi connectivity index (χ4n) is 2.73. The van der Waals surface area contributed by atoms with E-state index in [9.17, 15) is 4.79 Å². The van der Waals surface area contributed by atoms with Crippen molar-refractivity contribution < 1.29 is 4.79 Å². The number of amides is 1. The quantitative estimate of drug-likeness (QED) is 0.856. The number of hydrogen-bond acceptors (Lipinski definition) is 2. The van der Waals surface area contributed by atoms with Crippen molar-refractivity contribution in [1.82, 2.24) is 4.90 Å². The summed E-state index contributed by atoms with van der Waals surface area (Å²) in [4.78, 5) is 14.4. The van der Waals surface area contributed by atoms with Crippen LogP contribution in [-0.2, 0) is 0 Å². The molecule has 1 aliphatic rings. The summed E-state index contributed by atoms with van der Waals surface area (Å²) in [5.74, 6) is 6.59. The van der Waals surface area contributed by atoms with Gasteiger partial charge in [0.15, 0.2) is 0 Å². The first-order valence-corrected chi connectivity index (χ1v) is 7.33. The van der Waals surface area contributed by atoms with Gasteiger partial charge < -0.3 is 10.6 Å². The van der Waals surface area contributed by atoms with Crippen LogP contribution in [0.15, 0.2) is 24.3 Å². The van der Waals surface area contributed by atoms with Gasteiger partial charge in [0.25, 0.3) is 5.91 Å². The number of carbonyl (C=O) groups excluding carboxylic acids is 1. The van der Waals surface area contributed by atoms with Gasteiger partial charge in [0.2, 0.25) is 0 Å².